The molecule has 0 saturated carbocycles. The Morgan fingerprint density at radius 1 is 1.30 bits per heavy atom. The summed E-state index contributed by atoms with van der Waals surface area (Å²) in [5.74, 6) is 3.09. The monoisotopic (exact) mass is 320 g/mol. The normalized spacial score (nSPS) is 35.1. The maximum atomic E-state index is 12.4. The van der Waals surface area contributed by atoms with E-state index in [1.807, 2.05) is 25.7 Å². The molecule has 0 aromatic rings. The second-order valence-corrected chi connectivity index (χ2v) is 8.32. The van der Waals surface area contributed by atoms with Gasteiger partial charge in [-0.3, -0.25) is 4.79 Å². The summed E-state index contributed by atoms with van der Waals surface area (Å²) in [6.07, 6.45) is 1.93. The van der Waals surface area contributed by atoms with Crippen LogP contribution in [0.15, 0.2) is 11.6 Å². The van der Waals surface area contributed by atoms with Gasteiger partial charge in [0.1, 0.15) is 12.1 Å². The maximum Gasteiger partial charge on any atom is 0.408 e. The first-order valence-corrected chi connectivity index (χ1v) is 8.63. The van der Waals surface area contributed by atoms with Gasteiger partial charge in [-0.15, -0.1) is 0 Å². The molecule has 1 heterocycles. The van der Waals surface area contributed by atoms with Crippen LogP contribution >= 0.6 is 0 Å². The molecule has 3 aliphatic rings. The van der Waals surface area contributed by atoms with Gasteiger partial charge in [0.25, 0.3) is 0 Å². The molecule has 0 radical (unpaired) electrons. The summed E-state index contributed by atoms with van der Waals surface area (Å²) >= 11 is 0. The van der Waals surface area contributed by atoms with E-state index in [9.17, 15) is 9.59 Å². The van der Waals surface area contributed by atoms with Crippen molar-refractivity contribution < 1.29 is 14.3 Å². The number of alkyl carbamates (subject to hydrolysis) is 1. The summed E-state index contributed by atoms with van der Waals surface area (Å²) in [5.41, 5.74) is 1.01. The lowest BCUT2D eigenvalue weighted by Crippen LogP contribution is -2.41. The molecule has 2 aliphatic carbocycles. The van der Waals surface area contributed by atoms with E-state index in [1.54, 1.807) is 5.57 Å². The van der Waals surface area contributed by atoms with Crippen LogP contribution in [0.5, 0.6) is 0 Å². The van der Waals surface area contributed by atoms with Gasteiger partial charge in [-0.25, -0.2) is 4.79 Å². The zero-order valence-corrected chi connectivity index (χ0v) is 14.8. The van der Waals surface area contributed by atoms with Crippen molar-refractivity contribution in [3.63, 3.8) is 0 Å². The van der Waals surface area contributed by atoms with Crippen molar-refractivity contribution in [1.82, 2.24) is 10.2 Å². The fourth-order valence-electron chi connectivity index (χ4n) is 4.49. The number of nitrogens with one attached hydrogen (secondary N) is 1. The van der Waals surface area contributed by atoms with E-state index in [0.717, 1.165) is 13.1 Å². The number of likely N-dealkylation sites (tertiary alicyclic amines) is 1. The third kappa shape index (κ3) is 2.98. The van der Waals surface area contributed by atoms with Crippen LogP contribution in [0.2, 0.25) is 0 Å². The molecule has 5 nitrogen and oxygen atoms in total. The molecule has 3 rings (SSSR count). The van der Waals surface area contributed by atoms with Gasteiger partial charge in [0.15, 0.2) is 0 Å². The average molecular weight is 320 g/mol. The molecule has 0 aromatic heterocycles. The number of hydrogen-bond donors (Lipinski definition) is 1. The minimum atomic E-state index is -0.546. The fourth-order valence-corrected chi connectivity index (χ4v) is 4.49. The summed E-state index contributed by atoms with van der Waals surface area (Å²) in [7, 11) is 0. The molecule has 5 atom stereocenters. The van der Waals surface area contributed by atoms with Crippen molar-refractivity contribution in [3.05, 3.63) is 11.6 Å². The standard InChI is InChI=1S/C18H28N2O3/c1-10-11(2)13-6-12(10)14-8-20(9-15(13)14)16(21)7-19-17(22)23-18(3,4)5/h6,10-12,14-15H,7-9H2,1-5H3,(H,19,22)/t10?,11-,12?,14?,15?/m0/s1. The van der Waals surface area contributed by atoms with Crippen molar-refractivity contribution >= 4 is 12.0 Å². The minimum Gasteiger partial charge on any atom is -0.444 e. The molecule has 5 heteroatoms. The molecule has 23 heavy (non-hydrogen) atoms. The quantitative estimate of drug-likeness (QED) is 0.795. The number of rotatable bonds is 2. The second-order valence-electron chi connectivity index (χ2n) is 8.32. The molecular weight excluding hydrogens is 292 g/mol. The molecule has 1 N–H and O–H groups in total. The van der Waals surface area contributed by atoms with Crippen LogP contribution in [0.25, 0.3) is 0 Å². The van der Waals surface area contributed by atoms with E-state index in [0.29, 0.717) is 29.6 Å². The van der Waals surface area contributed by atoms with Gasteiger partial charge in [-0.2, -0.15) is 0 Å². The van der Waals surface area contributed by atoms with Crippen molar-refractivity contribution in [1.29, 1.82) is 0 Å². The zero-order valence-electron chi connectivity index (χ0n) is 14.8. The molecular formula is C18H28N2O3. The summed E-state index contributed by atoms with van der Waals surface area (Å²) in [6, 6.07) is 0. The minimum absolute atomic E-state index is 0.00874. The Morgan fingerprint density at radius 2 is 2.00 bits per heavy atom. The van der Waals surface area contributed by atoms with E-state index in [1.165, 1.54) is 0 Å². The van der Waals surface area contributed by atoms with Crippen LogP contribution in [-0.2, 0) is 9.53 Å². The van der Waals surface area contributed by atoms with Crippen molar-refractivity contribution in [2.75, 3.05) is 19.6 Å². The average Bonchev–Trinajstić information content (AvgIpc) is 3.06. The van der Waals surface area contributed by atoms with E-state index in [2.05, 4.69) is 25.2 Å². The fraction of sp³-hybridized carbons (Fsp3) is 0.778. The van der Waals surface area contributed by atoms with Crippen LogP contribution in [-0.4, -0.2) is 42.1 Å². The summed E-state index contributed by atoms with van der Waals surface area (Å²) in [4.78, 5) is 26.0. The number of ether oxygens (including phenoxy) is 1. The second kappa shape index (κ2) is 5.53. The molecule has 128 valence electrons. The molecule has 2 bridgehead atoms. The molecule has 0 spiro atoms. The Kier molecular flexibility index (Phi) is 3.93. The van der Waals surface area contributed by atoms with E-state index in [-0.39, 0.29) is 12.5 Å². The molecule has 1 aliphatic heterocycles. The van der Waals surface area contributed by atoms with Crippen molar-refractivity contribution in [3.8, 4) is 0 Å². The van der Waals surface area contributed by atoms with Crippen LogP contribution < -0.4 is 5.32 Å². The Labute approximate surface area is 138 Å². The van der Waals surface area contributed by atoms with Gasteiger partial charge in [0.2, 0.25) is 5.91 Å². The molecule has 4 unspecified atom stereocenters. The predicted octanol–water partition coefficient (Wildman–Crippen LogP) is 2.43. The molecule has 1 saturated heterocycles. The molecule has 0 aromatic carbocycles. The van der Waals surface area contributed by atoms with E-state index in [4.69, 9.17) is 4.74 Å². The summed E-state index contributed by atoms with van der Waals surface area (Å²) in [5, 5.41) is 2.57. The van der Waals surface area contributed by atoms with Crippen molar-refractivity contribution in [2.45, 2.75) is 40.2 Å². The van der Waals surface area contributed by atoms with Crippen LogP contribution in [0.4, 0.5) is 4.79 Å². The first-order chi connectivity index (χ1) is 10.7. The first kappa shape index (κ1) is 16.3. The SMILES string of the molecule is CC1C2C=C(C3CN(C(=O)CNC(=O)OC(C)(C)C)CC32)[C@H]1C. The predicted molar refractivity (Wildman–Crippen MR) is 87.7 cm³/mol. The summed E-state index contributed by atoms with van der Waals surface area (Å²) < 4.78 is 5.17. The Balaban J connectivity index is 1.52. The first-order valence-electron chi connectivity index (χ1n) is 8.63. The van der Waals surface area contributed by atoms with Crippen molar-refractivity contribution in [2.24, 2.45) is 29.6 Å². The smallest absolute Gasteiger partial charge is 0.408 e. The van der Waals surface area contributed by atoms with Gasteiger partial charge >= 0.3 is 6.09 Å². The third-order valence-electron chi connectivity index (χ3n) is 5.73. The number of carbonyl (C=O) groups is 2. The lowest BCUT2D eigenvalue weighted by atomic mass is 9.70. The van der Waals surface area contributed by atoms with E-state index < -0.39 is 11.7 Å². The largest absolute Gasteiger partial charge is 0.444 e. The number of carbonyl (C=O) groups excluding carboxylic acids is 2. The lowest BCUT2D eigenvalue weighted by molar-refractivity contribution is -0.129. The highest BCUT2D eigenvalue weighted by Gasteiger charge is 2.53. The molecule has 2 amide bonds. The summed E-state index contributed by atoms with van der Waals surface area (Å²) in [6.45, 7) is 11.7. The van der Waals surface area contributed by atoms with Gasteiger partial charge < -0.3 is 15.0 Å². The van der Waals surface area contributed by atoms with Crippen LogP contribution in [0, 0.1) is 29.6 Å². The van der Waals surface area contributed by atoms with Gasteiger partial charge in [-0.05, 0) is 44.4 Å². The number of fused-ring (bicyclic) bond motifs is 4. The van der Waals surface area contributed by atoms with Crippen LogP contribution in [0.1, 0.15) is 34.6 Å². The topological polar surface area (TPSA) is 58.6 Å². The third-order valence-corrected chi connectivity index (χ3v) is 5.73. The Hall–Kier alpha value is -1.52. The maximum absolute atomic E-state index is 12.4. The highest BCUT2D eigenvalue weighted by atomic mass is 16.6. The number of allylic oxidation sites excluding steroid dienone is 1. The van der Waals surface area contributed by atoms with Gasteiger partial charge in [0, 0.05) is 19.0 Å². The van der Waals surface area contributed by atoms with E-state index >= 15 is 0 Å². The Morgan fingerprint density at radius 3 is 2.65 bits per heavy atom. The van der Waals surface area contributed by atoms with Crippen LogP contribution in [0.3, 0.4) is 0 Å². The lowest BCUT2D eigenvalue weighted by Gasteiger charge is -2.33. The number of amides is 2. The highest BCUT2D eigenvalue weighted by Crippen LogP contribution is 2.55. The van der Waals surface area contributed by atoms with Gasteiger partial charge in [-0.1, -0.05) is 25.5 Å². The zero-order chi connectivity index (χ0) is 16.9. The number of nitrogens with zero attached hydrogens (tertiary/aromatic N) is 1. The highest BCUT2D eigenvalue weighted by molar-refractivity contribution is 5.82. The Bertz CT molecular complexity index is 549. The molecule has 1 fully saturated rings. The van der Waals surface area contributed by atoms with Gasteiger partial charge in [0.05, 0.1) is 0 Å². The number of hydrogen-bond acceptors (Lipinski definition) is 3.